The van der Waals surface area contributed by atoms with Crippen molar-refractivity contribution in [2.45, 2.75) is 76.4 Å². The molecule has 0 radical (unpaired) electrons. The molecule has 2 N–H and O–H groups in total. The van der Waals surface area contributed by atoms with Gasteiger partial charge in [0.05, 0.1) is 18.2 Å². The molecule has 0 spiro atoms. The Kier molecular flexibility index (Phi) is 4.68. The summed E-state index contributed by atoms with van der Waals surface area (Å²) in [5.41, 5.74) is 0.571. The van der Waals surface area contributed by atoms with E-state index in [1.807, 2.05) is 6.07 Å². The highest BCUT2D eigenvalue weighted by Crippen LogP contribution is 2.44. The molecule has 4 rings (SSSR count). The molecule has 3 aliphatic carbocycles. The van der Waals surface area contributed by atoms with Gasteiger partial charge >= 0.3 is 0 Å². The number of pyridine rings is 1. The highest BCUT2D eigenvalue weighted by atomic mass is 16.5. The minimum Gasteiger partial charge on any atom is -0.477 e. The number of amides is 1. The molecule has 0 bridgehead atoms. The smallest absolute Gasteiger partial charge is 0.270 e. The van der Waals surface area contributed by atoms with Crippen molar-refractivity contribution in [1.29, 1.82) is 0 Å². The Morgan fingerprint density at radius 1 is 1.23 bits per heavy atom. The molecule has 1 unspecified atom stereocenters. The lowest BCUT2D eigenvalue weighted by molar-refractivity contribution is 0.0301. The molecule has 142 valence electrons. The minimum atomic E-state index is -0.947. The summed E-state index contributed by atoms with van der Waals surface area (Å²) in [4.78, 5) is 17.3. The van der Waals surface area contributed by atoms with Crippen LogP contribution in [0.3, 0.4) is 0 Å². The maximum Gasteiger partial charge on any atom is 0.270 e. The fourth-order valence-electron chi connectivity index (χ4n) is 3.32. The number of nitrogens with one attached hydrogen (secondary N) is 1. The summed E-state index contributed by atoms with van der Waals surface area (Å²) < 4.78 is 5.96. The van der Waals surface area contributed by atoms with E-state index in [1.165, 1.54) is 38.5 Å². The van der Waals surface area contributed by atoms with Crippen LogP contribution >= 0.6 is 0 Å². The molecule has 1 amide bonds. The van der Waals surface area contributed by atoms with Crippen LogP contribution < -0.4 is 10.1 Å². The fourth-order valence-corrected chi connectivity index (χ4v) is 3.32. The normalized spacial score (nSPS) is 21.3. The van der Waals surface area contributed by atoms with Crippen molar-refractivity contribution in [2.24, 2.45) is 11.8 Å². The largest absolute Gasteiger partial charge is 0.477 e. The first-order valence-electron chi connectivity index (χ1n) is 10.1. The molecule has 0 aromatic carbocycles. The van der Waals surface area contributed by atoms with Gasteiger partial charge in [-0.3, -0.25) is 4.79 Å². The van der Waals surface area contributed by atoms with E-state index in [1.54, 1.807) is 19.9 Å². The Balaban J connectivity index is 1.47. The Bertz CT molecular complexity index is 670. The molecule has 5 heteroatoms. The molecule has 26 heavy (non-hydrogen) atoms. The van der Waals surface area contributed by atoms with E-state index in [9.17, 15) is 9.90 Å². The lowest BCUT2D eigenvalue weighted by atomic mass is 9.93. The highest BCUT2D eigenvalue weighted by molar-refractivity contribution is 5.92. The van der Waals surface area contributed by atoms with E-state index in [-0.39, 0.29) is 11.9 Å². The molecule has 3 saturated carbocycles. The predicted molar refractivity (Wildman–Crippen MR) is 99.3 cm³/mol. The average molecular weight is 358 g/mol. The number of rotatable bonds is 9. The van der Waals surface area contributed by atoms with Gasteiger partial charge in [-0.25, -0.2) is 4.98 Å². The number of hydrogen-bond acceptors (Lipinski definition) is 4. The molecule has 3 fully saturated rings. The van der Waals surface area contributed by atoms with Crippen LogP contribution in [0.2, 0.25) is 0 Å². The Labute approximate surface area is 155 Å². The zero-order chi connectivity index (χ0) is 18.3. The minimum absolute atomic E-state index is 0.226. The maximum atomic E-state index is 12.8. The van der Waals surface area contributed by atoms with Crippen molar-refractivity contribution in [3.8, 4) is 5.88 Å². The number of nitrogens with zero attached hydrogens (tertiary/aromatic N) is 1. The van der Waals surface area contributed by atoms with Crippen LogP contribution in [0.25, 0.3) is 0 Å². The van der Waals surface area contributed by atoms with Gasteiger partial charge in [-0.2, -0.15) is 0 Å². The van der Waals surface area contributed by atoms with Gasteiger partial charge in [0.2, 0.25) is 5.88 Å². The van der Waals surface area contributed by atoms with Gasteiger partial charge in [0.25, 0.3) is 5.91 Å². The van der Waals surface area contributed by atoms with E-state index in [0.29, 0.717) is 35.9 Å². The second kappa shape index (κ2) is 6.84. The van der Waals surface area contributed by atoms with Crippen LogP contribution in [-0.2, 0) is 0 Å². The third-order valence-electron chi connectivity index (χ3n) is 5.72. The topological polar surface area (TPSA) is 71.5 Å². The number of carbonyl (C=O) groups is 1. The van der Waals surface area contributed by atoms with Crippen molar-refractivity contribution in [3.63, 3.8) is 0 Å². The number of hydrogen-bond donors (Lipinski definition) is 2. The van der Waals surface area contributed by atoms with Gasteiger partial charge < -0.3 is 15.2 Å². The summed E-state index contributed by atoms with van der Waals surface area (Å²) in [6.07, 6.45) is 8.01. The van der Waals surface area contributed by atoms with Gasteiger partial charge in [-0.05, 0) is 69.8 Å². The lowest BCUT2D eigenvalue weighted by Gasteiger charge is -2.30. The summed E-state index contributed by atoms with van der Waals surface area (Å²) in [6, 6.07) is 3.54. The fraction of sp³-hybridized carbons (Fsp3) is 0.714. The van der Waals surface area contributed by atoms with Gasteiger partial charge in [0.1, 0.15) is 5.69 Å². The van der Waals surface area contributed by atoms with Crippen LogP contribution in [-0.4, -0.2) is 34.2 Å². The SMILES string of the molecule is CC(C)(O)C(CC1CC1)NC(=O)c1ccc(C2CC2)c(OCC2CC2)n1. The zero-order valence-corrected chi connectivity index (χ0v) is 15.8. The summed E-state index contributed by atoms with van der Waals surface area (Å²) in [5, 5.41) is 13.4. The summed E-state index contributed by atoms with van der Waals surface area (Å²) >= 11 is 0. The first-order chi connectivity index (χ1) is 12.4. The highest BCUT2D eigenvalue weighted by Gasteiger charge is 2.35. The number of ether oxygens (including phenoxy) is 1. The molecular weight excluding hydrogens is 328 g/mol. The first kappa shape index (κ1) is 17.8. The van der Waals surface area contributed by atoms with Crippen LogP contribution in [0.1, 0.15) is 80.8 Å². The molecule has 0 saturated heterocycles. The summed E-state index contributed by atoms with van der Waals surface area (Å²) in [6.45, 7) is 4.22. The lowest BCUT2D eigenvalue weighted by Crippen LogP contribution is -2.49. The van der Waals surface area contributed by atoms with E-state index >= 15 is 0 Å². The van der Waals surface area contributed by atoms with E-state index in [2.05, 4.69) is 10.3 Å². The van der Waals surface area contributed by atoms with Crippen LogP contribution in [0.5, 0.6) is 5.88 Å². The molecule has 1 atom stereocenters. The van der Waals surface area contributed by atoms with Crippen LogP contribution in [0, 0.1) is 11.8 Å². The Morgan fingerprint density at radius 3 is 2.50 bits per heavy atom. The van der Waals surface area contributed by atoms with E-state index in [0.717, 1.165) is 12.0 Å². The average Bonchev–Trinajstić information content (AvgIpc) is 3.46. The standard InChI is InChI=1S/C21H30N2O3/c1-21(2,25)18(11-13-3-4-13)23-19(24)17-10-9-16(15-7-8-15)20(22-17)26-12-14-5-6-14/h9-10,13-15,18,25H,3-8,11-12H2,1-2H3,(H,23,24). The second-order valence-corrected chi connectivity index (χ2v) is 8.98. The van der Waals surface area contributed by atoms with Gasteiger partial charge in [-0.1, -0.05) is 18.9 Å². The molecule has 3 aliphatic rings. The third-order valence-corrected chi connectivity index (χ3v) is 5.72. The second-order valence-electron chi connectivity index (χ2n) is 8.98. The van der Waals surface area contributed by atoms with Crippen molar-refractivity contribution < 1.29 is 14.6 Å². The monoisotopic (exact) mass is 358 g/mol. The summed E-state index contributed by atoms with van der Waals surface area (Å²) in [5.74, 6) is 2.21. The maximum absolute atomic E-state index is 12.8. The first-order valence-corrected chi connectivity index (χ1v) is 10.1. The predicted octanol–water partition coefficient (Wildman–Crippen LogP) is 3.42. The molecule has 1 aromatic heterocycles. The number of aromatic nitrogens is 1. The van der Waals surface area contributed by atoms with E-state index in [4.69, 9.17) is 4.74 Å². The Morgan fingerprint density at radius 2 is 1.92 bits per heavy atom. The van der Waals surface area contributed by atoms with Crippen molar-refractivity contribution in [3.05, 3.63) is 23.4 Å². The molecular formula is C21H30N2O3. The van der Waals surface area contributed by atoms with Crippen molar-refractivity contribution in [2.75, 3.05) is 6.61 Å². The molecule has 5 nitrogen and oxygen atoms in total. The van der Waals surface area contributed by atoms with E-state index < -0.39 is 5.60 Å². The van der Waals surface area contributed by atoms with Gasteiger partial charge in [0, 0.05) is 5.56 Å². The third kappa shape index (κ3) is 4.56. The quantitative estimate of drug-likeness (QED) is 0.709. The number of aliphatic hydroxyl groups is 1. The van der Waals surface area contributed by atoms with Gasteiger partial charge in [0.15, 0.2) is 0 Å². The number of carbonyl (C=O) groups excluding carboxylic acids is 1. The molecule has 1 heterocycles. The van der Waals surface area contributed by atoms with Crippen LogP contribution in [0.15, 0.2) is 12.1 Å². The van der Waals surface area contributed by atoms with Crippen molar-refractivity contribution in [1.82, 2.24) is 10.3 Å². The van der Waals surface area contributed by atoms with Gasteiger partial charge in [-0.15, -0.1) is 0 Å². The van der Waals surface area contributed by atoms with Crippen molar-refractivity contribution >= 4 is 5.91 Å². The Hall–Kier alpha value is -1.62. The molecule has 1 aromatic rings. The zero-order valence-electron chi connectivity index (χ0n) is 15.8. The molecule has 0 aliphatic heterocycles. The summed E-state index contributed by atoms with van der Waals surface area (Å²) in [7, 11) is 0. The van der Waals surface area contributed by atoms with Crippen LogP contribution in [0.4, 0.5) is 0 Å².